The number of fused-ring (bicyclic) bond motifs is 1. The van der Waals surface area contributed by atoms with Gasteiger partial charge in [-0.2, -0.15) is 0 Å². The van der Waals surface area contributed by atoms with Crippen LogP contribution >= 0.6 is 0 Å². The van der Waals surface area contributed by atoms with Crippen molar-refractivity contribution in [3.05, 3.63) is 53.0 Å². The standard InChI is InChI=1S/C20H20FN3O2/c1-11-3-6-14(21)8-15(11)16-7-13-10-22-18(23-19(25)12-4-5-12)9-17(13)24(2)20(16)26/h3,6-10,12,20,26H,4-5H2,1-2H3,(H,22,23,25). The number of halogens is 1. The summed E-state index contributed by atoms with van der Waals surface area (Å²) in [7, 11) is 1.76. The quantitative estimate of drug-likeness (QED) is 0.889. The molecule has 134 valence electrons. The van der Waals surface area contributed by atoms with Gasteiger partial charge in [0.05, 0.1) is 5.69 Å². The van der Waals surface area contributed by atoms with E-state index in [4.69, 9.17) is 0 Å². The highest BCUT2D eigenvalue weighted by Gasteiger charge is 2.31. The van der Waals surface area contributed by atoms with Crippen molar-refractivity contribution < 1.29 is 14.3 Å². The van der Waals surface area contributed by atoms with Crippen molar-refractivity contribution in [2.24, 2.45) is 5.92 Å². The molecule has 0 saturated heterocycles. The molecule has 0 bridgehead atoms. The van der Waals surface area contributed by atoms with Crippen LogP contribution in [0, 0.1) is 18.7 Å². The maximum atomic E-state index is 13.7. The Kier molecular flexibility index (Phi) is 4.00. The Balaban J connectivity index is 1.71. The average molecular weight is 353 g/mol. The highest BCUT2D eigenvalue weighted by molar-refractivity contribution is 5.96. The zero-order valence-electron chi connectivity index (χ0n) is 14.7. The van der Waals surface area contributed by atoms with Crippen LogP contribution < -0.4 is 10.2 Å². The molecule has 1 unspecified atom stereocenters. The zero-order chi connectivity index (χ0) is 18.4. The molecule has 1 amide bonds. The Morgan fingerprint density at radius 1 is 1.35 bits per heavy atom. The molecule has 1 aliphatic carbocycles. The number of nitrogens with one attached hydrogen (secondary N) is 1. The van der Waals surface area contributed by atoms with E-state index >= 15 is 0 Å². The largest absolute Gasteiger partial charge is 0.369 e. The van der Waals surface area contributed by atoms with Gasteiger partial charge in [0.1, 0.15) is 11.6 Å². The first kappa shape index (κ1) is 16.7. The molecule has 1 aromatic heterocycles. The van der Waals surface area contributed by atoms with Gasteiger partial charge < -0.3 is 15.3 Å². The maximum Gasteiger partial charge on any atom is 0.228 e. The minimum absolute atomic E-state index is 0.0110. The van der Waals surface area contributed by atoms with E-state index in [0.717, 1.165) is 29.7 Å². The summed E-state index contributed by atoms with van der Waals surface area (Å²) in [6, 6.07) is 6.29. The molecule has 4 rings (SSSR count). The van der Waals surface area contributed by atoms with E-state index in [2.05, 4.69) is 10.3 Å². The molecule has 1 fully saturated rings. The van der Waals surface area contributed by atoms with Crippen molar-refractivity contribution in [3.8, 4) is 0 Å². The molecule has 2 heterocycles. The normalized spacial score (nSPS) is 19.0. The Bertz CT molecular complexity index is 921. The number of likely N-dealkylation sites (N-methyl/N-ethyl adjacent to an activating group) is 1. The summed E-state index contributed by atoms with van der Waals surface area (Å²) in [5.41, 5.74) is 3.74. The summed E-state index contributed by atoms with van der Waals surface area (Å²) in [5, 5.41) is 13.6. The number of aromatic nitrogens is 1. The molecular formula is C20H20FN3O2. The van der Waals surface area contributed by atoms with E-state index in [1.807, 2.05) is 13.0 Å². The van der Waals surface area contributed by atoms with Gasteiger partial charge >= 0.3 is 0 Å². The average Bonchev–Trinajstić information content (AvgIpc) is 3.46. The maximum absolute atomic E-state index is 13.7. The first-order chi connectivity index (χ1) is 12.4. The van der Waals surface area contributed by atoms with Crippen LogP contribution in [0.25, 0.3) is 11.6 Å². The SMILES string of the molecule is Cc1ccc(F)cc1C1=Cc2cnc(NC(=O)C3CC3)cc2N(C)C1O. The number of pyridine rings is 1. The van der Waals surface area contributed by atoms with Gasteiger partial charge in [0, 0.05) is 36.4 Å². The van der Waals surface area contributed by atoms with Gasteiger partial charge in [-0.05, 0) is 49.1 Å². The predicted octanol–water partition coefficient (Wildman–Crippen LogP) is 3.19. The Labute approximate surface area is 151 Å². The van der Waals surface area contributed by atoms with Crippen LogP contribution in [-0.4, -0.2) is 29.3 Å². The van der Waals surface area contributed by atoms with E-state index in [1.165, 1.54) is 12.1 Å². The van der Waals surface area contributed by atoms with E-state index in [9.17, 15) is 14.3 Å². The van der Waals surface area contributed by atoms with Crippen LogP contribution in [0.3, 0.4) is 0 Å². The van der Waals surface area contributed by atoms with Crippen molar-refractivity contribution >= 4 is 29.1 Å². The van der Waals surface area contributed by atoms with E-state index < -0.39 is 6.23 Å². The first-order valence-corrected chi connectivity index (χ1v) is 8.64. The second-order valence-electron chi connectivity index (χ2n) is 6.94. The lowest BCUT2D eigenvalue weighted by atomic mass is 9.93. The monoisotopic (exact) mass is 353 g/mol. The molecule has 0 spiro atoms. The summed E-state index contributed by atoms with van der Waals surface area (Å²) < 4.78 is 13.7. The van der Waals surface area contributed by atoms with E-state index in [1.54, 1.807) is 30.3 Å². The lowest BCUT2D eigenvalue weighted by molar-refractivity contribution is -0.117. The minimum Gasteiger partial charge on any atom is -0.369 e. The highest BCUT2D eigenvalue weighted by atomic mass is 19.1. The lowest BCUT2D eigenvalue weighted by Gasteiger charge is -2.33. The van der Waals surface area contributed by atoms with Crippen LogP contribution in [-0.2, 0) is 4.79 Å². The van der Waals surface area contributed by atoms with Crippen LogP contribution in [0.5, 0.6) is 0 Å². The molecule has 1 aromatic carbocycles. The van der Waals surface area contributed by atoms with Gasteiger partial charge in [0.2, 0.25) is 5.91 Å². The second-order valence-corrected chi connectivity index (χ2v) is 6.94. The number of rotatable bonds is 3. The van der Waals surface area contributed by atoms with Crippen molar-refractivity contribution in [2.75, 3.05) is 17.3 Å². The lowest BCUT2D eigenvalue weighted by Crippen LogP contribution is -2.35. The smallest absolute Gasteiger partial charge is 0.228 e. The Morgan fingerprint density at radius 3 is 2.85 bits per heavy atom. The summed E-state index contributed by atoms with van der Waals surface area (Å²) >= 11 is 0. The summed E-state index contributed by atoms with van der Waals surface area (Å²) in [6.45, 7) is 1.88. The second kappa shape index (κ2) is 6.21. The Morgan fingerprint density at radius 2 is 2.12 bits per heavy atom. The number of aliphatic hydroxyl groups is 1. The van der Waals surface area contributed by atoms with Crippen molar-refractivity contribution in [1.82, 2.24) is 4.98 Å². The number of hydrogen-bond acceptors (Lipinski definition) is 4. The molecule has 1 atom stereocenters. The molecule has 1 saturated carbocycles. The third kappa shape index (κ3) is 2.97. The van der Waals surface area contributed by atoms with Gasteiger partial charge in [0.25, 0.3) is 0 Å². The van der Waals surface area contributed by atoms with Gasteiger partial charge in [-0.15, -0.1) is 0 Å². The molecule has 2 N–H and O–H groups in total. The number of aryl methyl sites for hydroxylation is 1. The molecule has 5 nitrogen and oxygen atoms in total. The molecule has 1 aliphatic heterocycles. The molecule has 26 heavy (non-hydrogen) atoms. The van der Waals surface area contributed by atoms with E-state index in [0.29, 0.717) is 17.0 Å². The summed E-state index contributed by atoms with van der Waals surface area (Å²) in [5.74, 6) is 0.212. The van der Waals surface area contributed by atoms with Crippen LogP contribution in [0.1, 0.15) is 29.5 Å². The minimum atomic E-state index is -0.919. The summed E-state index contributed by atoms with van der Waals surface area (Å²) in [6.07, 6.45) is 4.41. The third-order valence-electron chi connectivity index (χ3n) is 4.96. The van der Waals surface area contributed by atoms with E-state index in [-0.39, 0.29) is 17.6 Å². The molecule has 6 heteroatoms. The number of carbonyl (C=O) groups is 1. The molecule has 2 aromatic rings. The fourth-order valence-corrected chi connectivity index (χ4v) is 3.22. The molecule has 0 radical (unpaired) electrons. The zero-order valence-corrected chi connectivity index (χ0v) is 14.7. The first-order valence-electron chi connectivity index (χ1n) is 8.64. The van der Waals surface area contributed by atoms with Crippen LogP contribution in [0.15, 0.2) is 30.5 Å². The molecule has 2 aliphatic rings. The topological polar surface area (TPSA) is 65.5 Å². The number of amides is 1. The van der Waals surface area contributed by atoms with Crippen molar-refractivity contribution in [3.63, 3.8) is 0 Å². The number of hydrogen-bond donors (Lipinski definition) is 2. The van der Waals surface area contributed by atoms with Crippen molar-refractivity contribution in [1.29, 1.82) is 0 Å². The van der Waals surface area contributed by atoms with Gasteiger partial charge in [-0.1, -0.05) is 6.07 Å². The fraction of sp³-hybridized carbons (Fsp3) is 0.300. The van der Waals surface area contributed by atoms with Crippen molar-refractivity contribution in [2.45, 2.75) is 26.0 Å². The number of anilines is 2. The van der Waals surface area contributed by atoms with Gasteiger partial charge in [0.15, 0.2) is 6.23 Å². The Hall–Kier alpha value is -2.73. The van der Waals surface area contributed by atoms with Gasteiger partial charge in [-0.3, -0.25) is 4.79 Å². The highest BCUT2D eigenvalue weighted by Crippen LogP contribution is 2.37. The number of benzene rings is 1. The fourth-order valence-electron chi connectivity index (χ4n) is 3.22. The van der Waals surface area contributed by atoms with Crippen LogP contribution in [0.4, 0.5) is 15.9 Å². The van der Waals surface area contributed by atoms with Gasteiger partial charge in [-0.25, -0.2) is 9.37 Å². The third-order valence-corrected chi connectivity index (χ3v) is 4.96. The number of nitrogens with zero attached hydrogens (tertiary/aromatic N) is 2. The number of carbonyl (C=O) groups excluding carboxylic acids is 1. The number of aliphatic hydroxyl groups excluding tert-OH is 1. The van der Waals surface area contributed by atoms with Crippen LogP contribution in [0.2, 0.25) is 0 Å². The predicted molar refractivity (Wildman–Crippen MR) is 99.0 cm³/mol. The molecular weight excluding hydrogens is 333 g/mol. The summed E-state index contributed by atoms with van der Waals surface area (Å²) in [4.78, 5) is 17.9.